The number of hydrogen-bond acceptors (Lipinski definition) is 17. The summed E-state index contributed by atoms with van der Waals surface area (Å²) in [5.41, 5.74) is 1.03. The van der Waals surface area contributed by atoms with Crippen LogP contribution in [0.15, 0.2) is 21.9 Å². The van der Waals surface area contributed by atoms with Crippen molar-refractivity contribution in [2.24, 2.45) is 34.5 Å². The van der Waals surface area contributed by atoms with Gasteiger partial charge in [-0.15, -0.1) is 22.7 Å². The van der Waals surface area contributed by atoms with Crippen LogP contribution in [-0.2, 0) is 28.7 Å². The van der Waals surface area contributed by atoms with Crippen molar-refractivity contribution in [3.63, 3.8) is 0 Å². The molecule has 2 aromatic heterocycles. The van der Waals surface area contributed by atoms with E-state index in [1.54, 1.807) is 64.2 Å². The van der Waals surface area contributed by atoms with Gasteiger partial charge < -0.3 is 40.3 Å². The quantitative estimate of drug-likeness (QED) is 0.117. The minimum atomic E-state index is -1.24. The summed E-state index contributed by atoms with van der Waals surface area (Å²) in [6.45, 7) is 22.2. The van der Waals surface area contributed by atoms with Crippen LogP contribution in [0.1, 0.15) is 171 Å². The first-order chi connectivity index (χ1) is 33.3. The third kappa shape index (κ3) is 17.1. The van der Waals surface area contributed by atoms with Gasteiger partial charge in [0.15, 0.2) is 0 Å². The predicted molar refractivity (Wildman–Crippen MR) is 293 cm³/mol. The fourth-order valence-electron chi connectivity index (χ4n) is 10.6. The number of fused-ring (bicyclic) bond motifs is 2. The maximum absolute atomic E-state index is 13.3. The molecule has 4 fully saturated rings. The number of β-amino-alcohol motifs (C(OH)–C–C–N with tert-alkyl or cyclic N) is 1. The maximum atomic E-state index is 13.3. The standard InChI is InChI=1S/C28H44N2O6S.C26H40N2O5S.2CH4.H2/c1-16-8-7-9-21-22(30(21)10-11-31)13-23(17(2)12-20-15-37-19(4)29-20)36-25(33)14-24(32)28(5,6)27(35)18(3)26(16)34;1-14-8-7-9-19-20(28-19)11-21(15(2)10-18-13-34-17(4)27-18)33-23(30)12-22(29)26(5,6)25(32)16(3)24(14)31;;;/h12,15-16,18,21-24,26,31-32,34H,7-11,13-14H2,1-6H3;10,13-14,16,19-22,24,28-29,31H,7-9,11-12H2,1-6H3;2*1H4;1H/b17-12+;15-10+;;;/t16-,18+,21+,22?,23-,24-,26-,30?;14-,16+,19+,20?,21-,22-,24-;;;/m00.../s1/i;;;;1+1. The van der Waals surface area contributed by atoms with Crippen LogP contribution in [0.25, 0.3) is 12.2 Å². The number of hydrogen-bond donors (Lipinski definition) is 6. The number of ketones is 2. The molecule has 0 aromatic carbocycles. The van der Waals surface area contributed by atoms with Crippen molar-refractivity contribution in [1.29, 1.82) is 0 Å². The smallest absolute Gasteiger partial charge is 0.309 e. The zero-order valence-corrected chi connectivity index (χ0v) is 45.9. The molecule has 15 nitrogen and oxygen atoms in total. The molecule has 6 N–H and O–H groups in total. The zero-order valence-electron chi connectivity index (χ0n) is 44.2. The number of cyclic esters (lactones) is 2. The second-order valence-electron chi connectivity index (χ2n) is 22.3. The summed E-state index contributed by atoms with van der Waals surface area (Å²) in [5.74, 6) is -3.00. The molecule has 4 saturated heterocycles. The normalized spacial score (nSPS) is 35.1. The lowest BCUT2D eigenvalue weighted by Gasteiger charge is -2.34. The van der Waals surface area contributed by atoms with Crippen molar-refractivity contribution in [3.05, 3.63) is 43.3 Å². The van der Waals surface area contributed by atoms with Crippen LogP contribution in [0.3, 0.4) is 0 Å². The molecule has 15 atom stereocenters. The van der Waals surface area contributed by atoms with Crippen LogP contribution in [-0.4, -0.2) is 138 Å². The van der Waals surface area contributed by atoms with Gasteiger partial charge in [-0.05, 0) is 88.5 Å². The molecule has 6 heterocycles. The Bertz CT molecular complexity index is 2200. The summed E-state index contributed by atoms with van der Waals surface area (Å²) in [4.78, 5) is 63.6. The Balaban J connectivity index is 0.000000489. The van der Waals surface area contributed by atoms with E-state index < -0.39 is 71.2 Å². The average Bonchev–Trinajstić information content (AvgIpc) is 4.08. The third-order valence-corrected chi connectivity index (χ3v) is 17.5. The van der Waals surface area contributed by atoms with Gasteiger partial charge in [0, 0.05) is 67.6 Å². The lowest BCUT2D eigenvalue weighted by atomic mass is 9.73. The van der Waals surface area contributed by atoms with Gasteiger partial charge in [-0.25, -0.2) is 9.97 Å². The third-order valence-electron chi connectivity index (χ3n) is 15.9. The molecule has 0 spiro atoms. The number of ether oxygens (including phenoxy) is 2. The van der Waals surface area contributed by atoms with Crippen LogP contribution in [0.5, 0.6) is 0 Å². The van der Waals surface area contributed by atoms with Crippen molar-refractivity contribution in [1.82, 2.24) is 20.2 Å². The van der Waals surface area contributed by atoms with Crippen LogP contribution in [0.2, 0.25) is 0 Å². The number of Topliss-reactive ketones (excluding diaryl/α,β-unsaturated/α-hetero) is 2. The van der Waals surface area contributed by atoms with E-state index in [9.17, 15) is 44.7 Å². The molecule has 3 unspecified atom stereocenters. The summed E-state index contributed by atoms with van der Waals surface area (Å²) >= 11 is 3.13. The lowest BCUT2D eigenvalue weighted by Crippen LogP contribution is -2.45. The topological polar surface area (TPSA) is 239 Å². The number of carbonyl (C=O) groups excluding carboxylic acids is 4. The van der Waals surface area contributed by atoms with E-state index >= 15 is 0 Å². The molecule has 73 heavy (non-hydrogen) atoms. The molecule has 2 aromatic rings. The second-order valence-corrected chi connectivity index (χ2v) is 24.4. The highest BCUT2D eigenvalue weighted by Gasteiger charge is 2.49. The van der Waals surface area contributed by atoms with Crippen molar-refractivity contribution in [3.8, 4) is 0 Å². The molecule has 6 rings (SSSR count). The summed E-state index contributed by atoms with van der Waals surface area (Å²) < 4.78 is 11.8. The van der Waals surface area contributed by atoms with E-state index in [-0.39, 0.29) is 77.3 Å². The number of rotatable bonds is 6. The number of nitrogens with zero attached hydrogens (tertiary/aromatic N) is 3. The zero-order chi connectivity index (χ0) is 52.7. The minimum Gasteiger partial charge on any atom is -0.458 e. The largest absolute Gasteiger partial charge is 0.458 e. The van der Waals surface area contributed by atoms with Gasteiger partial charge >= 0.3 is 11.9 Å². The summed E-state index contributed by atoms with van der Waals surface area (Å²) in [5, 5.41) is 62.4. The van der Waals surface area contributed by atoms with Crippen LogP contribution in [0.4, 0.5) is 0 Å². The van der Waals surface area contributed by atoms with E-state index in [1.165, 1.54) is 0 Å². The molecule has 4 aliphatic heterocycles. The number of carbonyl (C=O) groups is 4. The van der Waals surface area contributed by atoms with Gasteiger partial charge in [-0.3, -0.25) is 24.1 Å². The Labute approximate surface area is 446 Å². The number of thiazole rings is 2. The summed E-state index contributed by atoms with van der Waals surface area (Å²) in [7, 11) is 0. The number of aryl methyl sites for hydroxylation is 2. The van der Waals surface area contributed by atoms with E-state index in [2.05, 4.69) is 20.2 Å². The van der Waals surface area contributed by atoms with Crippen molar-refractivity contribution >= 4 is 58.3 Å². The first-order valence-electron chi connectivity index (χ1n) is 25.8. The van der Waals surface area contributed by atoms with Gasteiger partial charge in [-0.2, -0.15) is 0 Å². The Hall–Kier alpha value is -3.26. The van der Waals surface area contributed by atoms with Crippen LogP contribution >= 0.6 is 22.7 Å². The Morgan fingerprint density at radius 3 is 1.53 bits per heavy atom. The van der Waals surface area contributed by atoms with Crippen LogP contribution < -0.4 is 5.32 Å². The lowest BCUT2D eigenvalue weighted by molar-refractivity contribution is -0.156. The van der Waals surface area contributed by atoms with Gasteiger partial charge in [-0.1, -0.05) is 83.1 Å². The maximum Gasteiger partial charge on any atom is 0.309 e. The molecular formula is C56H94N4O11S2. The fourth-order valence-corrected chi connectivity index (χ4v) is 11.7. The van der Waals surface area contributed by atoms with Crippen molar-refractivity contribution in [2.75, 3.05) is 13.2 Å². The molecule has 0 amide bonds. The van der Waals surface area contributed by atoms with Crippen molar-refractivity contribution < 1.29 is 55.6 Å². The van der Waals surface area contributed by atoms with Crippen molar-refractivity contribution in [2.45, 2.75) is 223 Å². The molecule has 0 radical (unpaired) electrons. The van der Waals surface area contributed by atoms with Gasteiger partial charge in [0.25, 0.3) is 0 Å². The Morgan fingerprint density at radius 2 is 1.12 bits per heavy atom. The highest BCUT2D eigenvalue weighted by Crippen LogP contribution is 2.40. The highest BCUT2D eigenvalue weighted by molar-refractivity contribution is 7.09. The fraction of sp³-hybridized carbons (Fsp3) is 0.750. The van der Waals surface area contributed by atoms with E-state index in [4.69, 9.17) is 9.47 Å². The van der Waals surface area contributed by atoms with Gasteiger partial charge in [0.1, 0.15) is 23.8 Å². The molecule has 0 saturated carbocycles. The van der Waals surface area contributed by atoms with E-state index in [1.807, 2.05) is 64.5 Å². The number of nitrogens with one attached hydrogen (secondary N) is 1. The number of aromatic nitrogens is 2. The van der Waals surface area contributed by atoms with Gasteiger partial charge in [0.05, 0.1) is 76.1 Å². The number of aliphatic hydroxyl groups excluding tert-OH is 5. The molecule has 0 bridgehead atoms. The predicted octanol–water partition coefficient (Wildman–Crippen LogP) is 8.54. The molecule has 0 aliphatic carbocycles. The average molecular weight is 1060 g/mol. The molecule has 17 heteroatoms. The summed E-state index contributed by atoms with van der Waals surface area (Å²) in [6, 6.07) is 1.05. The Morgan fingerprint density at radius 1 is 0.699 bits per heavy atom. The second kappa shape index (κ2) is 27.7. The minimum absolute atomic E-state index is 0. The molecule has 4 aliphatic rings. The van der Waals surface area contributed by atoms with E-state index in [0.29, 0.717) is 25.4 Å². The summed E-state index contributed by atoms with van der Waals surface area (Å²) in [6.07, 6.45) is 4.82. The SMILES string of the molecule is C.C.C/C(=C\c1csc(C)n1)[C@@H]1CC2N[C@@H]2CCC[C@H](C)[C@H](O)[C@@H](C)C(=O)C(C)(C)[C@@H](O)CC(=O)O1.C/C(=C\c1csc(C)n1)[C@@H]1CC2[C@@H](CCC[C@H](C)[C@H](O)[C@@H](C)C(=O)C(C)(C)[C@@H](O)CC(=O)O1)N2CCO.[2HH]. The number of aliphatic hydroxyl groups is 5. The van der Waals surface area contributed by atoms with Crippen LogP contribution in [0, 0.1) is 48.3 Å². The molecular weight excluding hydrogens is 969 g/mol. The van der Waals surface area contributed by atoms with E-state index in [0.717, 1.165) is 71.1 Å². The monoisotopic (exact) mass is 1060 g/mol. The highest BCUT2D eigenvalue weighted by atomic mass is 32.1. The number of esters is 2. The first kappa shape index (κ1) is 64.0. The molecule has 416 valence electrons. The Kier molecular flexibility index (Phi) is 24.3. The van der Waals surface area contributed by atoms with Gasteiger partial charge in [0.2, 0.25) is 0 Å². The first-order valence-corrected chi connectivity index (χ1v) is 27.6.